The molecule has 3 aliphatic rings. The zero-order valence-corrected chi connectivity index (χ0v) is 15.2. The predicted molar refractivity (Wildman–Crippen MR) is 99.7 cm³/mol. The minimum absolute atomic E-state index is 0.161. The van der Waals surface area contributed by atoms with Gasteiger partial charge in [0, 0.05) is 18.4 Å². The summed E-state index contributed by atoms with van der Waals surface area (Å²) in [4.78, 5) is 27.0. The van der Waals surface area contributed by atoms with Crippen LogP contribution in [-0.2, 0) is 27.3 Å². The fourth-order valence-corrected chi connectivity index (χ4v) is 5.06. The van der Waals surface area contributed by atoms with Crippen LogP contribution in [0.1, 0.15) is 11.1 Å². The third-order valence-corrected chi connectivity index (χ3v) is 6.27. The molecule has 2 aromatic carbocycles. The summed E-state index contributed by atoms with van der Waals surface area (Å²) in [7, 11) is 0. The molecule has 2 bridgehead atoms. The number of fused-ring (bicyclic) bond motifs is 1. The van der Waals surface area contributed by atoms with E-state index in [0.29, 0.717) is 13.0 Å². The van der Waals surface area contributed by atoms with Gasteiger partial charge in [-0.05, 0) is 17.5 Å². The smallest absolute Gasteiger partial charge is 0.230 e. The largest absolute Gasteiger partial charge is 0.550 e. The van der Waals surface area contributed by atoms with Gasteiger partial charge in [0.2, 0.25) is 5.91 Å². The van der Waals surface area contributed by atoms with E-state index in [2.05, 4.69) is 0 Å². The SMILES string of the molecule is O=C([O-])[C@H]1[C@H]2C(=O)N(Cc3ccccc3)[C@@H](Cc3ccccc3)[C@]23C=C[C@H]1O3. The molecule has 0 aromatic heterocycles. The Morgan fingerprint density at radius 2 is 1.68 bits per heavy atom. The maximum Gasteiger partial charge on any atom is 0.230 e. The number of nitrogens with zero attached hydrogens (tertiary/aromatic N) is 1. The van der Waals surface area contributed by atoms with Crippen LogP contribution in [0.5, 0.6) is 0 Å². The first-order chi connectivity index (χ1) is 13.6. The monoisotopic (exact) mass is 374 g/mol. The molecule has 2 fully saturated rings. The number of rotatable bonds is 5. The fourth-order valence-electron chi connectivity index (χ4n) is 5.06. The quantitative estimate of drug-likeness (QED) is 0.741. The maximum absolute atomic E-state index is 13.4. The molecule has 0 saturated carbocycles. The number of aliphatic carboxylic acids is 1. The minimum Gasteiger partial charge on any atom is -0.550 e. The van der Waals surface area contributed by atoms with Crippen LogP contribution in [0.4, 0.5) is 0 Å². The van der Waals surface area contributed by atoms with Gasteiger partial charge < -0.3 is 19.5 Å². The highest BCUT2D eigenvalue weighted by molar-refractivity contribution is 5.91. The van der Waals surface area contributed by atoms with Crippen molar-refractivity contribution >= 4 is 11.9 Å². The summed E-state index contributed by atoms with van der Waals surface area (Å²) in [6.07, 6.45) is 3.72. The number of likely N-dealkylation sites (tertiary alicyclic amines) is 1. The normalized spacial score (nSPS) is 32.7. The summed E-state index contributed by atoms with van der Waals surface area (Å²) in [5, 5.41) is 11.8. The number of benzene rings is 2. The van der Waals surface area contributed by atoms with Crippen LogP contribution in [0.25, 0.3) is 0 Å². The third-order valence-electron chi connectivity index (χ3n) is 6.27. The number of ether oxygens (including phenoxy) is 1. The highest BCUT2D eigenvalue weighted by Gasteiger charge is 2.69. The molecular formula is C23H20NO4-. The van der Waals surface area contributed by atoms with Crippen LogP contribution in [-0.4, -0.2) is 34.5 Å². The first-order valence-corrected chi connectivity index (χ1v) is 9.56. The number of hydrogen-bond acceptors (Lipinski definition) is 4. The van der Waals surface area contributed by atoms with Crippen molar-refractivity contribution in [2.24, 2.45) is 11.8 Å². The Morgan fingerprint density at radius 3 is 2.32 bits per heavy atom. The van der Waals surface area contributed by atoms with Gasteiger partial charge in [0.1, 0.15) is 5.60 Å². The molecular weight excluding hydrogens is 354 g/mol. The van der Waals surface area contributed by atoms with Crippen LogP contribution in [0.3, 0.4) is 0 Å². The Labute approximate surface area is 163 Å². The fraction of sp³-hybridized carbons (Fsp3) is 0.304. The van der Waals surface area contributed by atoms with E-state index in [0.717, 1.165) is 11.1 Å². The van der Waals surface area contributed by atoms with Crippen molar-refractivity contribution in [3.63, 3.8) is 0 Å². The van der Waals surface area contributed by atoms with Crippen LogP contribution < -0.4 is 5.11 Å². The minimum atomic E-state index is -1.21. The summed E-state index contributed by atoms with van der Waals surface area (Å²) >= 11 is 0. The van der Waals surface area contributed by atoms with E-state index in [1.54, 1.807) is 11.0 Å². The van der Waals surface area contributed by atoms with Gasteiger partial charge in [-0.2, -0.15) is 0 Å². The van der Waals surface area contributed by atoms with Crippen molar-refractivity contribution in [1.82, 2.24) is 4.90 Å². The molecule has 5 heteroatoms. The van der Waals surface area contributed by atoms with E-state index in [-0.39, 0.29) is 11.9 Å². The lowest BCUT2D eigenvalue weighted by Gasteiger charge is -2.33. The van der Waals surface area contributed by atoms with Crippen LogP contribution in [0.15, 0.2) is 72.8 Å². The number of carbonyl (C=O) groups excluding carboxylic acids is 2. The molecule has 1 spiro atoms. The van der Waals surface area contributed by atoms with Crippen molar-refractivity contribution in [2.45, 2.75) is 30.7 Å². The van der Waals surface area contributed by atoms with Gasteiger partial charge in [0.05, 0.1) is 18.1 Å². The molecule has 5 atom stereocenters. The molecule has 5 nitrogen and oxygen atoms in total. The van der Waals surface area contributed by atoms with E-state index in [1.807, 2.05) is 66.7 Å². The average Bonchev–Trinajstić information content (AvgIpc) is 3.34. The Morgan fingerprint density at radius 1 is 1.04 bits per heavy atom. The number of carbonyl (C=O) groups is 2. The second kappa shape index (κ2) is 6.31. The van der Waals surface area contributed by atoms with Gasteiger partial charge >= 0.3 is 0 Å². The molecule has 2 saturated heterocycles. The van der Waals surface area contributed by atoms with Crippen molar-refractivity contribution in [3.05, 3.63) is 83.9 Å². The van der Waals surface area contributed by atoms with E-state index in [9.17, 15) is 14.7 Å². The van der Waals surface area contributed by atoms with Gasteiger partial charge in [-0.1, -0.05) is 72.8 Å². The molecule has 28 heavy (non-hydrogen) atoms. The predicted octanol–water partition coefficient (Wildman–Crippen LogP) is 1.33. The van der Waals surface area contributed by atoms with E-state index < -0.39 is 29.5 Å². The first kappa shape index (κ1) is 17.2. The average molecular weight is 374 g/mol. The zero-order valence-electron chi connectivity index (χ0n) is 15.2. The summed E-state index contributed by atoms with van der Waals surface area (Å²) < 4.78 is 6.19. The molecule has 1 amide bonds. The molecule has 142 valence electrons. The van der Waals surface area contributed by atoms with Crippen LogP contribution in [0, 0.1) is 11.8 Å². The van der Waals surface area contributed by atoms with Crippen molar-refractivity contribution in [2.75, 3.05) is 0 Å². The first-order valence-electron chi connectivity index (χ1n) is 9.56. The number of carboxylic acid groups (broad SMARTS) is 1. The lowest BCUT2D eigenvalue weighted by Crippen LogP contribution is -2.47. The van der Waals surface area contributed by atoms with Gasteiger partial charge in [-0.3, -0.25) is 4.79 Å². The Hall–Kier alpha value is -2.92. The van der Waals surface area contributed by atoms with Gasteiger partial charge in [0.25, 0.3) is 0 Å². The second-order valence-corrected chi connectivity index (χ2v) is 7.77. The molecule has 0 aliphatic carbocycles. The van der Waals surface area contributed by atoms with E-state index in [4.69, 9.17) is 4.74 Å². The standard InChI is InChI=1S/C23H21NO4/c25-21-20-19(22(26)27)17-11-12-23(20,28-17)18(13-15-7-3-1-4-8-15)24(21)14-16-9-5-2-6-10-16/h1-12,17-20H,13-14H2,(H,26,27)/p-1/t17-,18+,19-,20+,23-/m1/s1. The van der Waals surface area contributed by atoms with Gasteiger partial charge in [-0.25, -0.2) is 0 Å². The lowest BCUT2D eigenvalue weighted by molar-refractivity contribution is -0.313. The second-order valence-electron chi connectivity index (χ2n) is 7.77. The highest BCUT2D eigenvalue weighted by atomic mass is 16.5. The molecule has 5 rings (SSSR count). The van der Waals surface area contributed by atoms with Crippen LogP contribution in [0.2, 0.25) is 0 Å². The summed E-state index contributed by atoms with van der Waals surface area (Å²) in [5.74, 6) is -3.04. The topological polar surface area (TPSA) is 69.7 Å². The van der Waals surface area contributed by atoms with E-state index in [1.165, 1.54) is 0 Å². The molecule has 0 radical (unpaired) electrons. The number of hydrogen-bond donors (Lipinski definition) is 0. The van der Waals surface area contributed by atoms with Crippen LogP contribution >= 0.6 is 0 Å². The summed E-state index contributed by atoms with van der Waals surface area (Å²) in [5.41, 5.74) is 1.19. The summed E-state index contributed by atoms with van der Waals surface area (Å²) in [6.45, 7) is 0.428. The van der Waals surface area contributed by atoms with Crippen molar-refractivity contribution in [1.29, 1.82) is 0 Å². The zero-order chi connectivity index (χ0) is 19.3. The molecule has 3 heterocycles. The van der Waals surface area contributed by atoms with Crippen molar-refractivity contribution in [3.8, 4) is 0 Å². The Balaban J connectivity index is 1.56. The molecule has 0 N–H and O–H groups in total. The molecule has 0 unspecified atom stereocenters. The maximum atomic E-state index is 13.4. The lowest BCUT2D eigenvalue weighted by atomic mass is 9.74. The Kier molecular flexibility index (Phi) is 3.88. The Bertz CT molecular complexity index is 942. The number of amides is 1. The molecule has 2 aromatic rings. The highest BCUT2D eigenvalue weighted by Crippen LogP contribution is 2.55. The van der Waals surface area contributed by atoms with E-state index >= 15 is 0 Å². The summed E-state index contributed by atoms with van der Waals surface area (Å²) in [6, 6.07) is 19.4. The van der Waals surface area contributed by atoms with Gasteiger partial charge in [0.15, 0.2) is 0 Å². The third kappa shape index (κ3) is 2.43. The van der Waals surface area contributed by atoms with Gasteiger partial charge in [-0.15, -0.1) is 0 Å². The number of carboxylic acids is 1. The van der Waals surface area contributed by atoms with Crippen molar-refractivity contribution < 1.29 is 19.4 Å². The molecule has 3 aliphatic heterocycles.